The topological polar surface area (TPSA) is 155 Å². The van der Waals surface area contributed by atoms with Crippen LogP contribution in [0.2, 0.25) is 0 Å². The van der Waals surface area contributed by atoms with Gasteiger partial charge in [0.15, 0.2) is 23.0 Å². The molecule has 0 unspecified atom stereocenters. The molecule has 0 aliphatic heterocycles. The van der Waals surface area contributed by atoms with E-state index in [2.05, 4.69) is 6.07 Å². The Morgan fingerprint density at radius 3 is 1.51 bits per heavy atom. The van der Waals surface area contributed by atoms with Crippen molar-refractivity contribution in [2.45, 2.75) is 0 Å². The molecule has 9 aromatic rings. The van der Waals surface area contributed by atoms with Gasteiger partial charge in [0.25, 0.3) is 0 Å². The maximum atomic E-state index is 11.3. The Balaban J connectivity index is 1.50. The quantitative estimate of drug-likeness (QED) is 0.0429. The molecule has 8 nitrogen and oxygen atoms in total. The predicted molar refractivity (Wildman–Crippen MR) is 202 cm³/mol. The molecule has 0 saturated heterocycles. The van der Waals surface area contributed by atoms with Gasteiger partial charge in [-0.1, -0.05) is 78.9 Å². The summed E-state index contributed by atoms with van der Waals surface area (Å²) < 4.78 is 6.45. The maximum absolute atomic E-state index is 11.3. The number of phenolic OH excluding ortho intramolecular Hbond substituents is 7. The van der Waals surface area contributed by atoms with Crippen LogP contribution in [0.4, 0.5) is 0 Å². The standard InChI is InChI=1S/C42H27BO8/c43-36-33(34-35(38(46)40(36)48)39(47)42(50)41(49)37(34)45)32-24-9-3-1-7-22(24)30(23-8-2-4-10-25(23)32)27-17-20(19-13-15-21(44)16-14-19)18-29-31(27)26-11-5-6-12-28(26)51-29/h1-18,44-50H,43H2. The van der Waals surface area contributed by atoms with Crippen molar-refractivity contribution >= 4 is 67.6 Å². The van der Waals surface area contributed by atoms with Gasteiger partial charge in [-0.05, 0) is 90.7 Å². The second kappa shape index (κ2) is 10.8. The van der Waals surface area contributed by atoms with E-state index >= 15 is 0 Å². The largest absolute Gasteiger partial charge is 0.508 e. The van der Waals surface area contributed by atoms with Gasteiger partial charge < -0.3 is 40.2 Å². The summed E-state index contributed by atoms with van der Waals surface area (Å²) in [6.45, 7) is 0. The van der Waals surface area contributed by atoms with E-state index in [0.717, 1.165) is 49.4 Å². The minimum Gasteiger partial charge on any atom is -0.508 e. The van der Waals surface area contributed by atoms with Gasteiger partial charge in [-0.15, -0.1) is 0 Å². The molecule has 51 heavy (non-hydrogen) atoms. The highest BCUT2D eigenvalue weighted by molar-refractivity contribution is 6.43. The molecular formula is C42H27BO8. The molecule has 7 N–H and O–H groups in total. The summed E-state index contributed by atoms with van der Waals surface area (Å²) >= 11 is 0. The fourth-order valence-corrected chi connectivity index (χ4v) is 7.65. The second-order valence-electron chi connectivity index (χ2n) is 12.7. The predicted octanol–water partition coefficient (Wildman–Crippen LogP) is 8.24. The number of phenols is 7. The molecule has 0 bridgehead atoms. The lowest BCUT2D eigenvalue weighted by molar-refractivity contribution is 0.349. The molecule has 1 aromatic heterocycles. The Morgan fingerprint density at radius 2 is 0.902 bits per heavy atom. The lowest BCUT2D eigenvalue weighted by Gasteiger charge is -2.23. The van der Waals surface area contributed by atoms with E-state index in [1.54, 1.807) is 20.0 Å². The molecule has 0 atom stereocenters. The summed E-state index contributed by atoms with van der Waals surface area (Å²) in [6.07, 6.45) is 0. The lowest BCUT2D eigenvalue weighted by Crippen LogP contribution is -2.10. The first kappa shape index (κ1) is 30.1. The third-order valence-electron chi connectivity index (χ3n) is 9.97. The highest BCUT2D eigenvalue weighted by Gasteiger charge is 2.30. The monoisotopic (exact) mass is 670 g/mol. The minimum absolute atomic E-state index is 0.142. The summed E-state index contributed by atoms with van der Waals surface area (Å²) in [5.41, 5.74) is 5.91. The van der Waals surface area contributed by atoms with Crippen LogP contribution in [0.15, 0.2) is 114 Å². The van der Waals surface area contributed by atoms with Gasteiger partial charge in [0, 0.05) is 16.2 Å². The van der Waals surface area contributed by atoms with Crippen LogP contribution in [0.3, 0.4) is 0 Å². The van der Waals surface area contributed by atoms with Crippen molar-refractivity contribution in [3.05, 3.63) is 109 Å². The van der Waals surface area contributed by atoms with Crippen molar-refractivity contribution < 1.29 is 40.2 Å². The average Bonchev–Trinajstić information content (AvgIpc) is 3.53. The average molecular weight is 670 g/mol. The Labute approximate surface area is 290 Å². The Bertz CT molecular complexity index is 2880. The molecule has 9 heteroatoms. The van der Waals surface area contributed by atoms with Crippen molar-refractivity contribution in [3.8, 4) is 73.6 Å². The fourth-order valence-electron chi connectivity index (χ4n) is 7.65. The zero-order valence-electron chi connectivity index (χ0n) is 26.9. The molecule has 0 radical (unpaired) electrons. The molecule has 0 aliphatic rings. The molecule has 0 fully saturated rings. The van der Waals surface area contributed by atoms with Crippen LogP contribution in [0, 0.1) is 0 Å². The van der Waals surface area contributed by atoms with E-state index in [4.69, 9.17) is 4.42 Å². The van der Waals surface area contributed by atoms with Crippen LogP contribution < -0.4 is 5.46 Å². The van der Waals surface area contributed by atoms with E-state index < -0.39 is 39.9 Å². The zero-order chi connectivity index (χ0) is 35.3. The Hall–Kier alpha value is -7.00. The van der Waals surface area contributed by atoms with E-state index in [1.165, 1.54) is 0 Å². The molecule has 1 heterocycles. The summed E-state index contributed by atoms with van der Waals surface area (Å²) in [4.78, 5) is 0. The number of fused-ring (bicyclic) bond motifs is 6. The highest BCUT2D eigenvalue weighted by Crippen LogP contribution is 2.57. The second-order valence-corrected chi connectivity index (χ2v) is 12.7. The van der Waals surface area contributed by atoms with E-state index in [0.29, 0.717) is 21.9 Å². The maximum Gasteiger partial charge on any atom is 0.205 e. The van der Waals surface area contributed by atoms with Crippen LogP contribution in [0.25, 0.3) is 87.6 Å². The normalized spacial score (nSPS) is 11.8. The molecule has 0 amide bonds. The Morgan fingerprint density at radius 1 is 0.392 bits per heavy atom. The Kier molecular flexibility index (Phi) is 6.34. The lowest BCUT2D eigenvalue weighted by atomic mass is 9.77. The molecular weight excluding hydrogens is 643 g/mol. The van der Waals surface area contributed by atoms with Crippen molar-refractivity contribution in [1.29, 1.82) is 0 Å². The van der Waals surface area contributed by atoms with Crippen LogP contribution in [-0.2, 0) is 0 Å². The smallest absolute Gasteiger partial charge is 0.205 e. The van der Waals surface area contributed by atoms with Crippen molar-refractivity contribution in [2.75, 3.05) is 0 Å². The number of benzene rings is 8. The summed E-state index contributed by atoms with van der Waals surface area (Å²) in [7, 11) is 1.57. The summed E-state index contributed by atoms with van der Waals surface area (Å²) in [5.74, 6) is -4.79. The molecule has 9 rings (SSSR count). The first-order chi connectivity index (χ1) is 24.7. The van der Waals surface area contributed by atoms with E-state index in [-0.39, 0.29) is 22.2 Å². The molecule has 0 saturated carbocycles. The molecule has 246 valence electrons. The van der Waals surface area contributed by atoms with Crippen molar-refractivity contribution in [2.24, 2.45) is 0 Å². The van der Waals surface area contributed by atoms with Crippen LogP contribution in [0.5, 0.6) is 40.2 Å². The van der Waals surface area contributed by atoms with Gasteiger partial charge in [-0.25, -0.2) is 0 Å². The van der Waals surface area contributed by atoms with Crippen molar-refractivity contribution in [3.63, 3.8) is 0 Å². The van der Waals surface area contributed by atoms with E-state index in [1.807, 2.05) is 91.0 Å². The number of hydrogen-bond donors (Lipinski definition) is 7. The first-order valence-electron chi connectivity index (χ1n) is 16.2. The number of aromatic hydroxyl groups is 7. The number of hydrogen-bond acceptors (Lipinski definition) is 8. The van der Waals surface area contributed by atoms with Gasteiger partial charge in [0.2, 0.25) is 11.5 Å². The summed E-state index contributed by atoms with van der Waals surface area (Å²) in [6, 6.07) is 34.3. The van der Waals surface area contributed by atoms with Gasteiger partial charge in [-0.3, -0.25) is 0 Å². The van der Waals surface area contributed by atoms with Gasteiger partial charge in [0.1, 0.15) is 24.8 Å². The van der Waals surface area contributed by atoms with Gasteiger partial charge >= 0.3 is 0 Å². The minimum atomic E-state index is -1.03. The van der Waals surface area contributed by atoms with E-state index in [9.17, 15) is 35.7 Å². The van der Waals surface area contributed by atoms with Gasteiger partial charge in [-0.2, -0.15) is 0 Å². The van der Waals surface area contributed by atoms with Crippen LogP contribution in [-0.4, -0.2) is 43.6 Å². The SMILES string of the molecule is Bc1c(O)c(O)c2c(O)c(O)c(O)c(O)c2c1-c1c2ccccc2c(-c2cc(-c3ccc(O)cc3)cc3oc4ccccc4c23)c2ccccc12. The number of rotatable bonds is 3. The number of furan rings is 1. The molecule has 8 aromatic carbocycles. The summed E-state index contributed by atoms with van der Waals surface area (Å²) in [5, 5.41) is 80.0. The van der Waals surface area contributed by atoms with Gasteiger partial charge in [0.05, 0.1) is 5.39 Å². The third kappa shape index (κ3) is 4.15. The molecule has 0 aliphatic carbocycles. The van der Waals surface area contributed by atoms with Crippen LogP contribution >= 0.6 is 0 Å². The van der Waals surface area contributed by atoms with Crippen LogP contribution in [0.1, 0.15) is 0 Å². The zero-order valence-corrected chi connectivity index (χ0v) is 26.9. The van der Waals surface area contributed by atoms with Crippen molar-refractivity contribution in [1.82, 2.24) is 0 Å². The third-order valence-corrected chi connectivity index (χ3v) is 9.97. The number of para-hydroxylation sites is 1. The first-order valence-corrected chi connectivity index (χ1v) is 16.2. The molecule has 0 spiro atoms. The highest BCUT2D eigenvalue weighted by atomic mass is 16.3. The fraction of sp³-hybridized carbons (Fsp3) is 0.